The number of rotatable bonds is 0. The van der Waals surface area contributed by atoms with Crippen molar-refractivity contribution in [3.8, 4) is 0 Å². The molecule has 4 bridgehead atoms. The molecule has 0 amide bonds. The van der Waals surface area contributed by atoms with Gasteiger partial charge in [-0.2, -0.15) is 0 Å². The molecule has 0 aromatic heterocycles. The maximum atomic E-state index is 9.85. The van der Waals surface area contributed by atoms with Crippen LogP contribution >= 0.6 is 8.58 Å². The van der Waals surface area contributed by atoms with E-state index in [0.29, 0.717) is 19.9 Å². The number of aliphatic hydroxyl groups is 3. The van der Waals surface area contributed by atoms with Crippen LogP contribution in [0.4, 0.5) is 0 Å². The molecule has 2 saturated carbocycles. The highest BCUT2D eigenvalue weighted by Gasteiger charge is 2.56. The zero-order valence-electron chi connectivity index (χ0n) is 7.30. The quantitative estimate of drug-likeness (QED) is 0.466. The Labute approximate surface area is 78.9 Å². The molecular weight excluding hydrogens is 187 g/mol. The predicted molar refractivity (Wildman–Crippen MR) is 50.1 cm³/mol. The first-order chi connectivity index (χ1) is 6.18. The minimum absolute atomic E-state index is 0.0541. The van der Waals surface area contributed by atoms with E-state index in [1.807, 2.05) is 0 Å². The fourth-order valence-corrected chi connectivity index (χ4v) is 5.60. The summed E-state index contributed by atoms with van der Waals surface area (Å²) in [6.45, 7) is 0. The van der Waals surface area contributed by atoms with Crippen LogP contribution in [0.5, 0.6) is 0 Å². The Kier molecular flexibility index (Phi) is 1.76. The average molecular weight is 202 g/mol. The lowest BCUT2D eigenvalue weighted by Crippen LogP contribution is -2.62. The molecule has 3 N–H and O–H groups in total. The van der Waals surface area contributed by atoms with E-state index in [1.54, 1.807) is 0 Å². The third-order valence-corrected chi connectivity index (χ3v) is 6.07. The highest BCUT2D eigenvalue weighted by Crippen LogP contribution is 2.57. The molecular formula is C9H15O3P. The van der Waals surface area contributed by atoms with E-state index in [-0.39, 0.29) is 24.0 Å². The summed E-state index contributed by atoms with van der Waals surface area (Å²) >= 11 is 0. The van der Waals surface area contributed by atoms with Crippen molar-refractivity contribution in [2.75, 3.05) is 0 Å². The topological polar surface area (TPSA) is 60.7 Å². The summed E-state index contributed by atoms with van der Waals surface area (Å²) in [5, 5.41) is 29.5. The fraction of sp³-hybridized carbons (Fsp3) is 1.00. The van der Waals surface area contributed by atoms with Crippen molar-refractivity contribution in [1.29, 1.82) is 0 Å². The van der Waals surface area contributed by atoms with E-state index in [9.17, 15) is 15.3 Å². The van der Waals surface area contributed by atoms with Crippen LogP contribution in [0, 0.1) is 11.8 Å². The lowest BCUT2D eigenvalue weighted by Gasteiger charge is -2.57. The zero-order chi connectivity index (χ0) is 9.16. The van der Waals surface area contributed by atoms with Crippen LogP contribution in [0.2, 0.25) is 0 Å². The van der Waals surface area contributed by atoms with E-state index in [2.05, 4.69) is 0 Å². The largest absolute Gasteiger partial charge is 0.392 e. The van der Waals surface area contributed by atoms with Gasteiger partial charge in [0.05, 0.1) is 18.3 Å². The summed E-state index contributed by atoms with van der Waals surface area (Å²) in [4.78, 5) is 0. The molecule has 2 saturated heterocycles. The molecule has 4 heteroatoms. The molecule has 6 unspecified atom stereocenters. The van der Waals surface area contributed by atoms with Crippen molar-refractivity contribution in [2.24, 2.45) is 11.8 Å². The second-order valence-electron chi connectivity index (χ2n) is 4.65. The van der Waals surface area contributed by atoms with E-state index < -0.39 is 6.10 Å². The molecule has 0 radical (unpaired) electrons. The van der Waals surface area contributed by atoms with Gasteiger partial charge in [0, 0.05) is 23.2 Å². The van der Waals surface area contributed by atoms with Crippen LogP contribution < -0.4 is 0 Å². The van der Waals surface area contributed by atoms with Crippen LogP contribution in [0.25, 0.3) is 0 Å². The van der Waals surface area contributed by atoms with Gasteiger partial charge in [-0.15, -0.1) is 8.58 Å². The van der Waals surface area contributed by atoms with Crippen molar-refractivity contribution in [3.05, 3.63) is 0 Å². The average Bonchev–Trinajstić information content (AvgIpc) is 2.10. The van der Waals surface area contributed by atoms with Gasteiger partial charge >= 0.3 is 0 Å². The monoisotopic (exact) mass is 202 g/mol. The van der Waals surface area contributed by atoms with Gasteiger partial charge in [0.2, 0.25) is 0 Å². The molecule has 2 aliphatic carbocycles. The molecule has 13 heavy (non-hydrogen) atoms. The SMILES string of the molecule is OC1C2CC3C(O)C(CC1C3O)P2. The molecule has 2 heterocycles. The lowest BCUT2D eigenvalue weighted by molar-refractivity contribution is -0.128. The van der Waals surface area contributed by atoms with Gasteiger partial charge < -0.3 is 15.3 Å². The Morgan fingerprint density at radius 3 is 1.69 bits per heavy atom. The van der Waals surface area contributed by atoms with Crippen molar-refractivity contribution >= 4 is 8.58 Å². The second-order valence-corrected chi connectivity index (χ2v) is 6.47. The van der Waals surface area contributed by atoms with E-state index >= 15 is 0 Å². The van der Waals surface area contributed by atoms with Crippen LogP contribution in [0.15, 0.2) is 0 Å². The van der Waals surface area contributed by atoms with Crippen LogP contribution in [-0.2, 0) is 0 Å². The Morgan fingerprint density at radius 2 is 1.23 bits per heavy atom. The van der Waals surface area contributed by atoms with Gasteiger partial charge in [-0.05, 0) is 12.8 Å². The molecule has 74 valence electrons. The predicted octanol–water partition coefficient (Wildman–Crippen LogP) is -0.462. The van der Waals surface area contributed by atoms with Gasteiger partial charge in [-0.1, -0.05) is 0 Å². The molecule has 0 aromatic rings. The minimum atomic E-state index is -0.456. The van der Waals surface area contributed by atoms with Crippen molar-refractivity contribution in [1.82, 2.24) is 0 Å². The van der Waals surface area contributed by atoms with Crippen LogP contribution in [0.1, 0.15) is 12.8 Å². The van der Waals surface area contributed by atoms with E-state index in [4.69, 9.17) is 0 Å². The molecule has 0 spiro atoms. The van der Waals surface area contributed by atoms with E-state index in [1.165, 1.54) is 0 Å². The summed E-state index contributed by atoms with van der Waals surface area (Å²) < 4.78 is 0. The van der Waals surface area contributed by atoms with Crippen LogP contribution in [0.3, 0.4) is 0 Å². The lowest BCUT2D eigenvalue weighted by atomic mass is 9.66. The molecule has 0 aromatic carbocycles. The maximum absolute atomic E-state index is 9.85. The molecule has 4 aliphatic rings. The smallest absolute Gasteiger partial charge is 0.0658 e. The number of hydrogen-bond donors (Lipinski definition) is 3. The van der Waals surface area contributed by atoms with Gasteiger partial charge in [0.15, 0.2) is 0 Å². The van der Waals surface area contributed by atoms with E-state index in [0.717, 1.165) is 12.8 Å². The Hall–Kier alpha value is 0.310. The third-order valence-electron chi connectivity index (χ3n) is 4.06. The van der Waals surface area contributed by atoms with Crippen molar-refractivity contribution < 1.29 is 15.3 Å². The van der Waals surface area contributed by atoms with Crippen LogP contribution in [-0.4, -0.2) is 44.9 Å². The Bertz CT molecular complexity index is 213. The normalized spacial score (nSPS) is 66.2. The first-order valence-corrected chi connectivity index (χ1v) is 6.14. The molecule has 4 fully saturated rings. The molecule has 4 rings (SSSR count). The van der Waals surface area contributed by atoms with Gasteiger partial charge in [0.1, 0.15) is 0 Å². The summed E-state index contributed by atoms with van der Waals surface area (Å²) in [6, 6.07) is 0. The highest BCUT2D eigenvalue weighted by molar-refractivity contribution is 7.40. The first kappa shape index (κ1) is 8.60. The summed E-state index contributed by atoms with van der Waals surface area (Å²) in [7, 11) is 0.709. The zero-order valence-corrected chi connectivity index (χ0v) is 8.30. The first-order valence-electron chi connectivity index (χ1n) is 4.98. The standard InChI is InChI=1S/C9H15O3P/c10-7-3-1-5-9(12)4(7)2-6(13-5)8(3)11/h3-13H,1-2H2. The third kappa shape index (κ3) is 0.992. The summed E-state index contributed by atoms with van der Waals surface area (Å²) in [5.41, 5.74) is 0.751. The summed E-state index contributed by atoms with van der Waals surface area (Å²) in [6.07, 6.45) is 0.605. The molecule has 3 nitrogen and oxygen atoms in total. The van der Waals surface area contributed by atoms with Crippen molar-refractivity contribution in [2.45, 2.75) is 42.5 Å². The Morgan fingerprint density at radius 1 is 0.769 bits per heavy atom. The van der Waals surface area contributed by atoms with Gasteiger partial charge in [-0.25, -0.2) is 0 Å². The number of hydrogen-bond acceptors (Lipinski definition) is 3. The second kappa shape index (κ2) is 2.66. The van der Waals surface area contributed by atoms with Gasteiger partial charge in [-0.3, -0.25) is 0 Å². The maximum Gasteiger partial charge on any atom is 0.0658 e. The summed E-state index contributed by atoms with van der Waals surface area (Å²) in [5.74, 6) is 0.108. The molecule has 6 atom stereocenters. The van der Waals surface area contributed by atoms with Gasteiger partial charge in [0.25, 0.3) is 0 Å². The highest BCUT2D eigenvalue weighted by atomic mass is 31.1. The Balaban J connectivity index is 1.95. The fourth-order valence-electron chi connectivity index (χ4n) is 3.35. The number of aliphatic hydroxyl groups excluding tert-OH is 3. The minimum Gasteiger partial charge on any atom is -0.392 e. The molecule has 2 aliphatic heterocycles. The van der Waals surface area contributed by atoms with Crippen molar-refractivity contribution in [3.63, 3.8) is 0 Å².